The fraction of sp³-hybridized carbons (Fsp3) is 0.500. The molecule has 1 unspecified atom stereocenters. The summed E-state index contributed by atoms with van der Waals surface area (Å²) in [4.78, 5) is 17.6. The number of methoxy groups -OCH3 is 1. The Morgan fingerprint density at radius 3 is 3.10 bits per heavy atom. The zero-order valence-corrected chi connectivity index (χ0v) is 11.2. The van der Waals surface area contributed by atoms with E-state index in [2.05, 4.69) is 15.2 Å². The minimum atomic E-state index is -0.339. The van der Waals surface area contributed by atoms with Crippen LogP contribution in [-0.4, -0.2) is 44.2 Å². The zero-order chi connectivity index (χ0) is 14.1. The second-order valence-electron chi connectivity index (χ2n) is 4.74. The molecular weight excluding hydrogens is 260 g/mol. The standard InChI is InChI=1S/C12H16N6O2/c1-20-12(19)17-6-3-2-4-8(17)10-15-16-11-9(13)14-5-7-18(10)11/h5,7-8H,2-4,6H2,1H3,(H2,13,14). The zero-order valence-electron chi connectivity index (χ0n) is 11.2. The maximum absolute atomic E-state index is 11.9. The van der Waals surface area contributed by atoms with Crippen molar-refractivity contribution < 1.29 is 9.53 Å². The molecule has 0 bridgehead atoms. The van der Waals surface area contributed by atoms with E-state index in [4.69, 9.17) is 10.5 Å². The number of nitrogens with two attached hydrogens (primary N) is 1. The first-order valence-corrected chi connectivity index (χ1v) is 6.52. The van der Waals surface area contributed by atoms with E-state index in [0.29, 0.717) is 23.8 Å². The number of amides is 1. The molecule has 0 spiro atoms. The smallest absolute Gasteiger partial charge is 0.410 e. The topological polar surface area (TPSA) is 98.6 Å². The van der Waals surface area contributed by atoms with Crippen LogP contribution >= 0.6 is 0 Å². The Balaban J connectivity index is 2.04. The second kappa shape index (κ2) is 4.95. The number of nitrogen functional groups attached to an aromatic ring is 1. The van der Waals surface area contributed by atoms with Gasteiger partial charge in [0.2, 0.25) is 5.65 Å². The molecule has 1 aliphatic rings. The first kappa shape index (κ1) is 12.6. The summed E-state index contributed by atoms with van der Waals surface area (Å²) in [5.74, 6) is 1.02. The van der Waals surface area contributed by atoms with Crippen molar-refractivity contribution in [3.63, 3.8) is 0 Å². The van der Waals surface area contributed by atoms with Crippen LogP contribution in [0.4, 0.5) is 10.6 Å². The Morgan fingerprint density at radius 1 is 1.45 bits per heavy atom. The quantitative estimate of drug-likeness (QED) is 0.834. The highest BCUT2D eigenvalue weighted by atomic mass is 16.5. The molecule has 1 aliphatic heterocycles. The number of carbonyl (C=O) groups is 1. The number of piperidine rings is 1. The molecule has 3 rings (SSSR count). The molecule has 0 aromatic carbocycles. The molecule has 106 valence electrons. The van der Waals surface area contributed by atoms with E-state index in [1.807, 2.05) is 0 Å². The number of aromatic nitrogens is 4. The fourth-order valence-electron chi connectivity index (χ4n) is 2.63. The predicted octanol–water partition coefficient (Wildman–Crippen LogP) is 1.000. The van der Waals surface area contributed by atoms with Gasteiger partial charge in [-0.15, -0.1) is 10.2 Å². The highest BCUT2D eigenvalue weighted by Gasteiger charge is 2.32. The minimum absolute atomic E-state index is 0.145. The summed E-state index contributed by atoms with van der Waals surface area (Å²) < 4.78 is 6.63. The van der Waals surface area contributed by atoms with Crippen LogP contribution in [0.15, 0.2) is 12.4 Å². The van der Waals surface area contributed by atoms with Crippen LogP contribution in [0.5, 0.6) is 0 Å². The molecule has 1 atom stereocenters. The van der Waals surface area contributed by atoms with Crippen LogP contribution in [0.3, 0.4) is 0 Å². The van der Waals surface area contributed by atoms with E-state index in [1.165, 1.54) is 7.11 Å². The molecule has 2 aromatic rings. The van der Waals surface area contributed by atoms with Gasteiger partial charge < -0.3 is 10.5 Å². The van der Waals surface area contributed by atoms with Crippen LogP contribution < -0.4 is 5.73 Å². The number of ether oxygens (including phenoxy) is 1. The summed E-state index contributed by atoms with van der Waals surface area (Å²) in [7, 11) is 1.39. The number of fused-ring (bicyclic) bond motifs is 1. The van der Waals surface area contributed by atoms with Crippen LogP contribution in [0.25, 0.3) is 5.65 Å². The minimum Gasteiger partial charge on any atom is -0.453 e. The lowest BCUT2D eigenvalue weighted by Gasteiger charge is -2.33. The average Bonchev–Trinajstić information content (AvgIpc) is 2.92. The Bertz CT molecular complexity index is 640. The number of rotatable bonds is 1. The Morgan fingerprint density at radius 2 is 2.30 bits per heavy atom. The van der Waals surface area contributed by atoms with Crippen LogP contribution in [0.2, 0.25) is 0 Å². The lowest BCUT2D eigenvalue weighted by molar-refractivity contribution is 0.0866. The van der Waals surface area contributed by atoms with Crippen LogP contribution in [-0.2, 0) is 4.74 Å². The molecule has 0 saturated carbocycles. The van der Waals surface area contributed by atoms with Crippen molar-refractivity contribution in [2.75, 3.05) is 19.4 Å². The van der Waals surface area contributed by atoms with Crippen molar-refractivity contribution in [1.82, 2.24) is 24.5 Å². The molecule has 2 N–H and O–H groups in total. The second-order valence-corrected chi connectivity index (χ2v) is 4.74. The molecular formula is C12H16N6O2. The summed E-state index contributed by atoms with van der Waals surface area (Å²) in [6, 6.07) is -0.145. The van der Waals surface area contributed by atoms with Gasteiger partial charge in [-0.25, -0.2) is 9.78 Å². The van der Waals surface area contributed by atoms with Gasteiger partial charge in [0.15, 0.2) is 11.6 Å². The monoisotopic (exact) mass is 276 g/mol. The van der Waals surface area contributed by atoms with E-state index in [-0.39, 0.29) is 12.1 Å². The summed E-state index contributed by atoms with van der Waals surface area (Å²) in [5.41, 5.74) is 6.29. The Labute approximate surface area is 115 Å². The van der Waals surface area contributed by atoms with E-state index < -0.39 is 0 Å². The van der Waals surface area contributed by atoms with Gasteiger partial charge in [0.25, 0.3) is 0 Å². The number of carbonyl (C=O) groups excluding carboxylic acids is 1. The highest BCUT2D eigenvalue weighted by molar-refractivity contribution is 5.68. The molecule has 1 amide bonds. The Kier molecular flexibility index (Phi) is 3.13. The highest BCUT2D eigenvalue weighted by Crippen LogP contribution is 2.30. The van der Waals surface area contributed by atoms with Gasteiger partial charge in [-0.2, -0.15) is 0 Å². The molecule has 1 fully saturated rings. The van der Waals surface area contributed by atoms with Gasteiger partial charge in [0.1, 0.15) is 0 Å². The first-order chi connectivity index (χ1) is 9.72. The van der Waals surface area contributed by atoms with Gasteiger partial charge in [-0.3, -0.25) is 9.30 Å². The molecule has 8 nitrogen and oxygen atoms in total. The number of anilines is 1. The average molecular weight is 276 g/mol. The number of hydrogen-bond donors (Lipinski definition) is 1. The van der Waals surface area contributed by atoms with Gasteiger partial charge in [0, 0.05) is 18.9 Å². The molecule has 0 aliphatic carbocycles. The van der Waals surface area contributed by atoms with Crippen LogP contribution in [0, 0.1) is 0 Å². The molecule has 8 heteroatoms. The van der Waals surface area contributed by atoms with E-state index in [1.54, 1.807) is 21.7 Å². The lowest BCUT2D eigenvalue weighted by Crippen LogP contribution is -2.39. The molecule has 1 saturated heterocycles. The number of hydrogen-bond acceptors (Lipinski definition) is 6. The third-order valence-electron chi connectivity index (χ3n) is 3.59. The van der Waals surface area contributed by atoms with Crippen molar-refractivity contribution in [3.8, 4) is 0 Å². The van der Waals surface area contributed by atoms with Crippen molar-refractivity contribution in [2.24, 2.45) is 0 Å². The van der Waals surface area contributed by atoms with Gasteiger partial charge in [-0.05, 0) is 19.3 Å². The number of likely N-dealkylation sites (tertiary alicyclic amines) is 1. The summed E-state index contributed by atoms with van der Waals surface area (Å²) in [6.07, 6.45) is 5.84. The largest absolute Gasteiger partial charge is 0.453 e. The van der Waals surface area contributed by atoms with Crippen LogP contribution in [0.1, 0.15) is 31.1 Å². The van der Waals surface area contributed by atoms with Gasteiger partial charge in [-0.1, -0.05) is 0 Å². The van der Waals surface area contributed by atoms with E-state index in [9.17, 15) is 4.79 Å². The maximum atomic E-state index is 11.9. The third kappa shape index (κ3) is 1.93. The maximum Gasteiger partial charge on any atom is 0.410 e. The predicted molar refractivity (Wildman–Crippen MR) is 70.9 cm³/mol. The summed E-state index contributed by atoms with van der Waals surface area (Å²) >= 11 is 0. The van der Waals surface area contributed by atoms with Crippen molar-refractivity contribution in [3.05, 3.63) is 18.2 Å². The molecule has 3 heterocycles. The molecule has 20 heavy (non-hydrogen) atoms. The summed E-state index contributed by atoms with van der Waals surface area (Å²) in [5, 5.41) is 8.25. The van der Waals surface area contributed by atoms with Crippen molar-refractivity contribution >= 4 is 17.6 Å². The molecule has 2 aromatic heterocycles. The fourth-order valence-corrected chi connectivity index (χ4v) is 2.63. The van der Waals surface area contributed by atoms with E-state index >= 15 is 0 Å². The molecule has 0 radical (unpaired) electrons. The SMILES string of the molecule is COC(=O)N1CCCCC1c1nnc2c(N)nccn12. The van der Waals surface area contributed by atoms with Crippen molar-refractivity contribution in [2.45, 2.75) is 25.3 Å². The summed E-state index contributed by atoms with van der Waals surface area (Å²) in [6.45, 7) is 0.660. The normalized spacial score (nSPS) is 19.2. The first-order valence-electron chi connectivity index (χ1n) is 6.52. The number of nitrogens with zero attached hydrogens (tertiary/aromatic N) is 5. The lowest BCUT2D eigenvalue weighted by atomic mass is 10.0. The van der Waals surface area contributed by atoms with E-state index in [0.717, 1.165) is 19.3 Å². The van der Waals surface area contributed by atoms with Crippen molar-refractivity contribution in [1.29, 1.82) is 0 Å². The van der Waals surface area contributed by atoms with Gasteiger partial charge >= 0.3 is 6.09 Å². The van der Waals surface area contributed by atoms with Gasteiger partial charge in [0.05, 0.1) is 13.2 Å². The third-order valence-corrected chi connectivity index (χ3v) is 3.59. The Hall–Kier alpha value is -2.38.